The number of aliphatic carboxylic acids is 1. The van der Waals surface area contributed by atoms with Gasteiger partial charge in [0, 0.05) is 29.6 Å². The first-order valence-corrected chi connectivity index (χ1v) is 10.4. The first kappa shape index (κ1) is 20.7. The molecular weight excluding hydrogens is 352 g/mol. The van der Waals surface area contributed by atoms with E-state index in [2.05, 4.69) is 56.2 Å². The smallest absolute Gasteiger partial charge is 0.304 e. The number of benzene rings is 1. The Kier molecular flexibility index (Phi) is 6.33. The molecule has 1 fully saturated rings. The predicted molar refractivity (Wildman–Crippen MR) is 113 cm³/mol. The fourth-order valence-electron chi connectivity index (χ4n) is 4.22. The average Bonchev–Trinajstić information content (AvgIpc) is 2.94. The zero-order valence-corrected chi connectivity index (χ0v) is 17.6. The summed E-state index contributed by atoms with van der Waals surface area (Å²) in [5.41, 5.74) is 3.78. The molecule has 3 N–H and O–H groups in total. The fraction of sp³-hybridized carbons (Fsp3) is 0.609. The second-order valence-electron chi connectivity index (χ2n) is 9.24. The number of carboxylic acid groups (broad SMARTS) is 1. The van der Waals surface area contributed by atoms with Crippen LogP contribution in [0.15, 0.2) is 18.2 Å². The zero-order valence-electron chi connectivity index (χ0n) is 17.6. The Morgan fingerprint density at radius 1 is 1.25 bits per heavy atom. The molecular formula is C23H34N2O3. The van der Waals surface area contributed by atoms with E-state index in [9.17, 15) is 4.79 Å². The zero-order chi connectivity index (χ0) is 20.3. The van der Waals surface area contributed by atoms with Crippen molar-refractivity contribution >= 4 is 16.9 Å². The van der Waals surface area contributed by atoms with Gasteiger partial charge in [-0.1, -0.05) is 26.8 Å². The van der Waals surface area contributed by atoms with Crippen molar-refractivity contribution in [1.82, 2.24) is 10.3 Å². The van der Waals surface area contributed by atoms with Crippen LogP contribution in [0.1, 0.15) is 64.0 Å². The fourth-order valence-corrected chi connectivity index (χ4v) is 4.22. The van der Waals surface area contributed by atoms with Gasteiger partial charge in [-0.3, -0.25) is 4.79 Å². The van der Waals surface area contributed by atoms with Crippen molar-refractivity contribution in [3.05, 3.63) is 29.3 Å². The third-order valence-corrected chi connectivity index (χ3v) is 6.11. The lowest BCUT2D eigenvalue weighted by molar-refractivity contribution is -0.136. The van der Waals surface area contributed by atoms with Gasteiger partial charge in [0.25, 0.3) is 0 Å². The second-order valence-corrected chi connectivity index (χ2v) is 9.24. The molecule has 3 rings (SSSR count). The topological polar surface area (TPSA) is 74.3 Å². The summed E-state index contributed by atoms with van der Waals surface area (Å²) in [6, 6.07) is 6.32. The van der Waals surface area contributed by atoms with Crippen LogP contribution in [0.4, 0.5) is 0 Å². The molecule has 1 saturated carbocycles. The van der Waals surface area contributed by atoms with E-state index >= 15 is 0 Å². The van der Waals surface area contributed by atoms with Crippen molar-refractivity contribution in [3.8, 4) is 5.88 Å². The summed E-state index contributed by atoms with van der Waals surface area (Å²) in [7, 11) is 0. The summed E-state index contributed by atoms with van der Waals surface area (Å²) in [5.74, 6) is 0.903. The number of nitrogens with one attached hydrogen (secondary N) is 2. The molecule has 154 valence electrons. The molecule has 28 heavy (non-hydrogen) atoms. The van der Waals surface area contributed by atoms with E-state index in [0.29, 0.717) is 24.6 Å². The average molecular weight is 387 g/mol. The number of hydrogen-bond acceptors (Lipinski definition) is 3. The van der Waals surface area contributed by atoms with Crippen LogP contribution in [-0.4, -0.2) is 28.7 Å². The maximum atomic E-state index is 10.6. The summed E-state index contributed by atoms with van der Waals surface area (Å²) in [6.07, 6.45) is 5.15. The molecule has 1 heterocycles. The van der Waals surface area contributed by atoms with Crippen LogP contribution in [-0.2, 0) is 11.3 Å². The molecule has 0 spiro atoms. The Morgan fingerprint density at radius 2 is 1.96 bits per heavy atom. The van der Waals surface area contributed by atoms with Crippen molar-refractivity contribution in [3.63, 3.8) is 0 Å². The van der Waals surface area contributed by atoms with Gasteiger partial charge in [0.2, 0.25) is 0 Å². The number of H-pyrrole nitrogens is 1. The van der Waals surface area contributed by atoms with E-state index in [1.165, 1.54) is 18.2 Å². The largest absolute Gasteiger partial charge is 0.481 e. The monoisotopic (exact) mass is 386 g/mol. The molecule has 0 saturated heterocycles. The van der Waals surface area contributed by atoms with Crippen LogP contribution in [0.5, 0.6) is 5.88 Å². The number of aromatic amines is 1. The molecule has 1 aliphatic rings. The highest BCUT2D eigenvalue weighted by atomic mass is 16.5. The SMILES string of the molecule is Cc1c(O[C@H]2CC[C@H](C(C)(C)C)CC2)[nH]c2ccc(CNCCC(=O)O)cc12. The van der Waals surface area contributed by atoms with Crippen LogP contribution in [0, 0.1) is 18.3 Å². The predicted octanol–water partition coefficient (Wildman–Crippen LogP) is 5.02. The molecule has 2 aromatic rings. The van der Waals surface area contributed by atoms with Gasteiger partial charge in [0.1, 0.15) is 6.10 Å². The standard InChI is InChI=1S/C23H34N2O3/c1-15-19-13-16(14-24-12-11-21(26)27)5-10-20(19)25-22(15)28-18-8-6-17(7-9-18)23(2,3)4/h5,10,13,17-18,24-25H,6-9,11-12,14H2,1-4H3,(H,26,27)/t17-,18-. The summed E-state index contributed by atoms with van der Waals surface area (Å²) in [5, 5.41) is 13.1. The Hall–Kier alpha value is -2.01. The Morgan fingerprint density at radius 3 is 2.61 bits per heavy atom. The van der Waals surface area contributed by atoms with Crippen molar-refractivity contribution in [2.45, 2.75) is 72.4 Å². The molecule has 1 aromatic carbocycles. The van der Waals surface area contributed by atoms with Gasteiger partial charge in [-0.05, 0) is 61.6 Å². The van der Waals surface area contributed by atoms with Gasteiger partial charge in [0.05, 0.1) is 6.42 Å². The Balaban J connectivity index is 1.62. The van der Waals surface area contributed by atoms with E-state index in [1.54, 1.807) is 0 Å². The van der Waals surface area contributed by atoms with Crippen LogP contribution in [0.3, 0.4) is 0 Å². The highest BCUT2D eigenvalue weighted by Crippen LogP contribution is 2.39. The van der Waals surface area contributed by atoms with Crippen LogP contribution in [0.25, 0.3) is 10.9 Å². The first-order chi connectivity index (χ1) is 13.2. The molecule has 1 aromatic heterocycles. The third kappa shape index (κ3) is 5.07. The van der Waals surface area contributed by atoms with Gasteiger partial charge in [-0.2, -0.15) is 0 Å². The van der Waals surface area contributed by atoms with Crippen LogP contribution < -0.4 is 10.1 Å². The highest BCUT2D eigenvalue weighted by molar-refractivity contribution is 5.86. The minimum absolute atomic E-state index is 0.140. The molecule has 0 radical (unpaired) electrons. The second kappa shape index (κ2) is 8.56. The molecule has 5 heteroatoms. The van der Waals surface area contributed by atoms with Crippen molar-refractivity contribution < 1.29 is 14.6 Å². The Labute approximate surface area is 167 Å². The van der Waals surface area contributed by atoms with E-state index in [-0.39, 0.29) is 6.42 Å². The van der Waals surface area contributed by atoms with Crippen molar-refractivity contribution in [2.75, 3.05) is 6.54 Å². The molecule has 0 unspecified atom stereocenters. The summed E-state index contributed by atoms with van der Waals surface area (Å²) < 4.78 is 6.36. The number of aromatic nitrogens is 1. The van der Waals surface area contributed by atoms with Gasteiger partial charge in [0.15, 0.2) is 5.88 Å². The highest BCUT2D eigenvalue weighted by Gasteiger charge is 2.30. The van der Waals surface area contributed by atoms with Gasteiger partial charge < -0.3 is 20.1 Å². The summed E-state index contributed by atoms with van der Waals surface area (Å²) >= 11 is 0. The number of fused-ring (bicyclic) bond motifs is 1. The lowest BCUT2D eigenvalue weighted by atomic mass is 9.72. The molecule has 0 aliphatic heterocycles. The maximum Gasteiger partial charge on any atom is 0.304 e. The minimum atomic E-state index is -0.775. The van der Waals surface area contributed by atoms with E-state index < -0.39 is 5.97 Å². The van der Waals surface area contributed by atoms with Crippen molar-refractivity contribution in [2.24, 2.45) is 11.3 Å². The minimum Gasteiger partial charge on any atom is -0.481 e. The van der Waals surface area contributed by atoms with Crippen LogP contribution in [0.2, 0.25) is 0 Å². The summed E-state index contributed by atoms with van der Waals surface area (Å²) in [4.78, 5) is 14.0. The molecule has 5 nitrogen and oxygen atoms in total. The number of ether oxygens (including phenoxy) is 1. The van der Waals surface area contributed by atoms with E-state index in [1.807, 2.05) is 0 Å². The molecule has 0 bridgehead atoms. The van der Waals surface area contributed by atoms with Gasteiger partial charge in [-0.25, -0.2) is 0 Å². The molecule has 0 atom stereocenters. The van der Waals surface area contributed by atoms with Crippen molar-refractivity contribution in [1.29, 1.82) is 0 Å². The number of hydrogen-bond donors (Lipinski definition) is 3. The number of carboxylic acids is 1. The lowest BCUT2D eigenvalue weighted by Gasteiger charge is -2.36. The molecule has 1 aliphatic carbocycles. The van der Waals surface area contributed by atoms with E-state index in [4.69, 9.17) is 9.84 Å². The van der Waals surface area contributed by atoms with Gasteiger partial charge >= 0.3 is 5.97 Å². The molecule has 0 amide bonds. The number of aryl methyl sites for hydroxylation is 1. The Bertz CT molecular complexity index is 811. The van der Waals surface area contributed by atoms with E-state index in [0.717, 1.165) is 41.3 Å². The lowest BCUT2D eigenvalue weighted by Crippen LogP contribution is -2.30. The maximum absolute atomic E-state index is 10.6. The number of carbonyl (C=O) groups is 1. The first-order valence-electron chi connectivity index (χ1n) is 10.4. The van der Waals surface area contributed by atoms with Gasteiger partial charge in [-0.15, -0.1) is 0 Å². The van der Waals surface area contributed by atoms with Crippen LogP contribution >= 0.6 is 0 Å². The normalized spacial score (nSPS) is 20.4. The quantitative estimate of drug-likeness (QED) is 0.584. The summed E-state index contributed by atoms with van der Waals surface area (Å²) in [6.45, 7) is 10.3. The number of rotatable bonds is 7. The third-order valence-electron chi connectivity index (χ3n) is 6.11.